The molecule has 10 heteroatoms. The molecule has 0 saturated heterocycles. The molecule has 2 heterocycles. The first-order valence-electron chi connectivity index (χ1n) is 10.8. The molecule has 0 bridgehead atoms. The summed E-state index contributed by atoms with van der Waals surface area (Å²) < 4.78 is 7.30. The van der Waals surface area contributed by atoms with Gasteiger partial charge >= 0.3 is 6.03 Å². The summed E-state index contributed by atoms with van der Waals surface area (Å²) in [6.45, 7) is 3.39. The van der Waals surface area contributed by atoms with Crippen LogP contribution in [0.1, 0.15) is 28.5 Å². The van der Waals surface area contributed by atoms with Crippen molar-refractivity contribution in [2.24, 2.45) is 10.7 Å². The second-order valence-corrected chi connectivity index (χ2v) is 8.16. The Labute approximate surface area is 202 Å². The average molecular weight is 481 g/mol. The van der Waals surface area contributed by atoms with Crippen molar-refractivity contribution in [1.82, 2.24) is 14.7 Å². The number of aromatic nitrogens is 2. The SMILES string of the molecule is CCOc1cc(Cl)cc(-c2nn3c(c2C(N)=O)CN(C(=O)Nc2ccc(/C=N\C)cc2)CC3)c1. The van der Waals surface area contributed by atoms with Crippen molar-refractivity contribution in [3.8, 4) is 17.0 Å². The first-order valence-corrected chi connectivity index (χ1v) is 11.2. The number of urea groups is 1. The molecule has 3 N–H and O–H groups in total. The van der Waals surface area contributed by atoms with Gasteiger partial charge in [0.1, 0.15) is 11.4 Å². The summed E-state index contributed by atoms with van der Waals surface area (Å²) in [6, 6.07) is 12.3. The van der Waals surface area contributed by atoms with Crippen molar-refractivity contribution < 1.29 is 14.3 Å². The van der Waals surface area contributed by atoms with E-state index in [4.69, 9.17) is 22.1 Å². The number of carbonyl (C=O) groups is 2. The van der Waals surface area contributed by atoms with Crippen LogP contribution in [-0.2, 0) is 13.1 Å². The predicted molar refractivity (Wildman–Crippen MR) is 132 cm³/mol. The lowest BCUT2D eigenvalue weighted by atomic mass is 10.0. The van der Waals surface area contributed by atoms with Gasteiger partial charge in [0.05, 0.1) is 31.0 Å². The number of amides is 3. The Morgan fingerprint density at radius 3 is 2.68 bits per heavy atom. The summed E-state index contributed by atoms with van der Waals surface area (Å²) in [6.07, 6.45) is 1.73. The zero-order valence-electron chi connectivity index (χ0n) is 18.9. The molecule has 9 nitrogen and oxygen atoms in total. The van der Waals surface area contributed by atoms with Gasteiger partial charge < -0.3 is 20.7 Å². The summed E-state index contributed by atoms with van der Waals surface area (Å²) in [5.41, 5.74) is 9.25. The molecule has 3 aromatic rings. The third-order valence-corrected chi connectivity index (χ3v) is 5.63. The molecule has 0 aliphatic carbocycles. The topological polar surface area (TPSA) is 115 Å². The number of nitrogens with two attached hydrogens (primary N) is 1. The van der Waals surface area contributed by atoms with Crippen LogP contribution in [0.5, 0.6) is 5.75 Å². The molecular weight excluding hydrogens is 456 g/mol. The molecule has 1 aliphatic heterocycles. The van der Waals surface area contributed by atoms with E-state index >= 15 is 0 Å². The molecule has 34 heavy (non-hydrogen) atoms. The summed E-state index contributed by atoms with van der Waals surface area (Å²) >= 11 is 6.26. The minimum Gasteiger partial charge on any atom is -0.494 e. The lowest BCUT2D eigenvalue weighted by molar-refractivity contribution is 0.0997. The van der Waals surface area contributed by atoms with E-state index in [9.17, 15) is 9.59 Å². The molecule has 176 valence electrons. The molecule has 0 saturated carbocycles. The van der Waals surface area contributed by atoms with Crippen LogP contribution in [-0.4, -0.2) is 53.0 Å². The van der Waals surface area contributed by atoms with E-state index in [1.165, 1.54) is 0 Å². The first-order chi connectivity index (χ1) is 16.4. The number of nitrogens with one attached hydrogen (secondary N) is 1. The number of carbonyl (C=O) groups excluding carboxylic acids is 2. The zero-order chi connectivity index (χ0) is 24.2. The molecule has 3 amide bonds. The van der Waals surface area contributed by atoms with Crippen LogP contribution >= 0.6 is 11.6 Å². The Balaban J connectivity index is 1.60. The van der Waals surface area contributed by atoms with Crippen LogP contribution < -0.4 is 15.8 Å². The number of primary amides is 1. The van der Waals surface area contributed by atoms with E-state index in [0.717, 1.165) is 5.56 Å². The molecule has 4 rings (SSSR count). The van der Waals surface area contributed by atoms with Crippen molar-refractivity contribution >= 4 is 35.4 Å². The van der Waals surface area contributed by atoms with Gasteiger partial charge in [-0.3, -0.25) is 14.5 Å². The molecule has 0 fully saturated rings. The summed E-state index contributed by atoms with van der Waals surface area (Å²) in [7, 11) is 1.70. The van der Waals surface area contributed by atoms with Crippen molar-refractivity contribution in [2.45, 2.75) is 20.0 Å². The summed E-state index contributed by atoms with van der Waals surface area (Å²) in [5.74, 6) is -0.0479. The number of benzene rings is 2. The van der Waals surface area contributed by atoms with Crippen LogP contribution in [0.4, 0.5) is 10.5 Å². The number of halogens is 1. The Bertz CT molecular complexity index is 1250. The maximum Gasteiger partial charge on any atom is 0.322 e. The number of hydrogen-bond donors (Lipinski definition) is 2. The molecular formula is C24H25ClN6O3. The smallest absolute Gasteiger partial charge is 0.322 e. The molecule has 2 aromatic carbocycles. The maximum absolute atomic E-state index is 12.9. The largest absolute Gasteiger partial charge is 0.494 e. The Morgan fingerprint density at radius 1 is 1.24 bits per heavy atom. The Morgan fingerprint density at radius 2 is 2.00 bits per heavy atom. The quantitative estimate of drug-likeness (QED) is 0.522. The number of nitrogens with zero attached hydrogens (tertiary/aromatic N) is 4. The fourth-order valence-corrected chi connectivity index (χ4v) is 4.13. The van der Waals surface area contributed by atoms with Gasteiger partial charge in [-0.05, 0) is 42.8 Å². The second kappa shape index (κ2) is 9.96. The van der Waals surface area contributed by atoms with E-state index in [0.29, 0.717) is 53.1 Å². The lowest BCUT2D eigenvalue weighted by Gasteiger charge is -2.28. The highest BCUT2D eigenvalue weighted by Crippen LogP contribution is 2.33. The fourth-order valence-electron chi connectivity index (χ4n) is 3.91. The minimum absolute atomic E-state index is 0.191. The zero-order valence-corrected chi connectivity index (χ0v) is 19.7. The van der Waals surface area contributed by atoms with Crippen molar-refractivity contribution in [3.05, 3.63) is 64.3 Å². The highest BCUT2D eigenvalue weighted by molar-refractivity contribution is 6.31. The summed E-state index contributed by atoms with van der Waals surface area (Å²) in [4.78, 5) is 31.0. The molecule has 0 unspecified atom stereocenters. The van der Waals surface area contributed by atoms with Gasteiger partial charge in [-0.25, -0.2) is 4.79 Å². The Kier molecular flexibility index (Phi) is 6.83. The van der Waals surface area contributed by atoms with Crippen LogP contribution in [0.3, 0.4) is 0 Å². The number of aliphatic imine (C=N–C) groups is 1. The number of rotatable bonds is 6. The number of ether oxygens (including phenoxy) is 1. The minimum atomic E-state index is -0.621. The van der Waals surface area contributed by atoms with E-state index in [1.807, 2.05) is 31.2 Å². The number of anilines is 1. The molecule has 0 atom stereocenters. The van der Waals surface area contributed by atoms with Crippen LogP contribution in [0.25, 0.3) is 11.3 Å². The first kappa shape index (κ1) is 23.3. The van der Waals surface area contributed by atoms with Crippen LogP contribution in [0.15, 0.2) is 47.5 Å². The third kappa shape index (κ3) is 4.89. The standard InChI is InChI=1S/C24H25ClN6O3/c1-3-34-19-11-16(10-17(25)12-19)22-21(23(26)32)20-14-30(8-9-31(20)29-22)24(33)28-18-6-4-15(5-7-18)13-27-2/h4-7,10-13H,3,8-9,14H2,1-2H3,(H2,26,32)(H,28,33)/b27-13-. The molecule has 0 spiro atoms. The highest BCUT2D eigenvalue weighted by Gasteiger charge is 2.30. The highest BCUT2D eigenvalue weighted by atomic mass is 35.5. The van der Waals surface area contributed by atoms with Gasteiger partial charge in [-0.1, -0.05) is 23.7 Å². The maximum atomic E-state index is 12.9. The van der Waals surface area contributed by atoms with E-state index in [1.54, 1.807) is 41.0 Å². The van der Waals surface area contributed by atoms with Crippen molar-refractivity contribution in [3.63, 3.8) is 0 Å². The van der Waals surface area contributed by atoms with E-state index < -0.39 is 5.91 Å². The predicted octanol–water partition coefficient (Wildman–Crippen LogP) is 3.80. The van der Waals surface area contributed by atoms with Gasteiger partial charge in [0.2, 0.25) is 0 Å². The van der Waals surface area contributed by atoms with Gasteiger partial charge in [0.15, 0.2) is 0 Å². The fraction of sp³-hybridized carbons (Fsp3) is 0.250. The normalized spacial score (nSPS) is 13.1. The van der Waals surface area contributed by atoms with E-state index in [-0.39, 0.29) is 18.1 Å². The number of hydrogen-bond acceptors (Lipinski definition) is 5. The second-order valence-electron chi connectivity index (χ2n) is 7.73. The molecule has 1 aromatic heterocycles. The van der Waals surface area contributed by atoms with Gasteiger partial charge in [0, 0.05) is 36.1 Å². The average Bonchev–Trinajstić information content (AvgIpc) is 3.19. The van der Waals surface area contributed by atoms with Gasteiger partial charge in [-0.15, -0.1) is 0 Å². The number of fused-ring (bicyclic) bond motifs is 1. The van der Waals surface area contributed by atoms with Crippen LogP contribution in [0, 0.1) is 0 Å². The monoisotopic (exact) mass is 480 g/mol. The van der Waals surface area contributed by atoms with E-state index in [2.05, 4.69) is 15.4 Å². The molecule has 0 radical (unpaired) electrons. The lowest BCUT2D eigenvalue weighted by Crippen LogP contribution is -2.41. The van der Waals surface area contributed by atoms with Crippen molar-refractivity contribution in [1.29, 1.82) is 0 Å². The van der Waals surface area contributed by atoms with Gasteiger partial charge in [-0.2, -0.15) is 5.10 Å². The van der Waals surface area contributed by atoms with Crippen molar-refractivity contribution in [2.75, 3.05) is 25.5 Å². The Hall–Kier alpha value is -3.85. The molecule has 1 aliphatic rings. The van der Waals surface area contributed by atoms with Crippen LogP contribution in [0.2, 0.25) is 5.02 Å². The summed E-state index contributed by atoms with van der Waals surface area (Å²) in [5, 5.41) is 7.97. The third-order valence-electron chi connectivity index (χ3n) is 5.41. The van der Waals surface area contributed by atoms with Gasteiger partial charge in [0.25, 0.3) is 5.91 Å².